The predicted octanol–water partition coefficient (Wildman–Crippen LogP) is 1.16. The van der Waals surface area contributed by atoms with Crippen LogP contribution < -0.4 is 21.3 Å². The number of amides is 2. The largest absolute Gasteiger partial charge is 0.514 e. The molecule has 33 heavy (non-hydrogen) atoms. The summed E-state index contributed by atoms with van der Waals surface area (Å²) < 4.78 is 0.0223. The minimum Gasteiger partial charge on any atom is -0.514 e. The van der Waals surface area contributed by atoms with Gasteiger partial charge in [-0.3, -0.25) is 9.59 Å². The van der Waals surface area contributed by atoms with Crippen molar-refractivity contribution in [1.29, 1.82) is 0 Å². The average molecular weight is 467 g/mol. The molecule has 2 aliphatic heterocycles. The van der Waals surface area contributed by atoms with Crippen LogP contribution in [0, 0.1) is 11.8 Å². The van der Waals surface area contributed by atoms with Crippen LogP contribution >= 0.6 is 0 Å². The summed E-state index contributed by atoms with van der Waals surface area (Å²) in [6.45, 7) is 11.7. The number of likely N-dealkylation sites (N-methyl/N-ethyl adjacent to an activating group) is 2. The third-order valence-electron chi connectivity index (χ3n) is 7.80. The van der Waals surface area contributed by atoms with Crippen molar-refractivity contribution < 1.29 is 24.0 Å². The molecule has 9 heteroatoms. The molecule has 0 aliphatic carbocycles. The Morgan fingerprint density at radius 3 is 2.33 bits per heavy atom. The van der Waals surface area contributed by atoms with E-state index in [1.807, 2.05) is 20.8 Å². The Labute approximate surface area is 198 Å². The summed E-state index contributed by atoms with van der Waals surface area (Å²) in [5.41, 5.74) is -0.732. The summed E-state index contributed by atoms with van der Waals surface area (Å²) in [4.78, 5) is 39.5. The van der Waals surface area contributed by atoms with E-state index in [0.717, 1.165) is 25.4 Å². The van der Waals surface area contributed by atoms with Crippen molar-refractivity contribution in [2.75, 3.05) is 14.1 Å². The summed E-state index contributed by atoms with van der Waals surface area (Å²) in [6, 6.07) is -1.44. The van der Waals surface area contributed by atoms with Crippen LogP contribution in [0.25, 0.3) is 0 Å². The fourth-order valence-corrected chi connectivity index (χ4v) is 6.14. The first-order valence-electron chi connectivity index (χ1n) is 12.1. The normalized spacial score (nSPS) is 33.4. The van der Waals surface area contributed by atoms with Crippen molar-refractivity contribution in [3.8, 4) is 0 Å². The van der Waals surface area contributed by atoms with Crippen LogP contribution in [-0.2, 0) is 14.4 Å². The number of aliphatic hydroxyl groups excluding tert-OH is 1. The number of nitrogens with zero attached hydrogens (tertiary/aromatic N) is 1. The number of fused-ring (bicyclic) bond motifs is 1. The highest BCUT2D eigenvalue weighted by molar-refractivity contribution is 5.84. The average Bonchev–Trinajstić information content (AvgIpc) is 2.75. The molecule has 0 saturated carbocycles. The van der Waals surface area contributed by atoms with E-state index in [4.69, 9.17) is 0 Å². The zero-order chi connectivity index (χ0) is 25.1. The van der Waals surface area contributed by atoms with Crippen molar-refractivity contribution in [2.24, 2.45) is 11.8 Å². The number of piperidine rings is 1. The van der Waals surface area contributed by atoms with Crippen LogP contribution in [0.3, 0.4) is 0 Å². The number of hydrogen-bond acceptors (Lipinski definition) is 7. The second-order valence-corrected chi connectivity index (χ2v) is 10.5. The third-order valence-corrected chi connectivity index (χ3v) is 7.80. The molecule has 2 fully saturated rings. The van der Waals surface area contributed by atoms with Crippen molar-refractivity contribution in [2.45, 2.75) is 96.7 Å². The Bertz CT molecular complexity index is 772. The van der Waals surface area contributed by atoms with Crippen LogP contribution in [0.1, 0.15) is 60.8 Å². The van der Waals surface area contributed by atoms with Crippen LogP contribution in [0.2, 0.25) is 0 Å². The molecule has 2 aliphatic rings. The first-order valence-corrected chi connectivity index (χ1v) is 12.1. The summed E-state index contributed by atoms with van der Waals surface area (Å²) in [5, 5.41) is 21.8. The van der Waals surface area contributed by atoms with E-state index < -0.39 is 17.7 Å². The lowest BCUT2D eigenvalue weighted by Crippen LogP contribution is -2.90. The van der Waals surface area contributed by atoms with Gasteiger partial charge in [0, 0.05) is 19.9 Å². The maximum atomic E-state index is 13.7. The van der Waals surface area contributed by atoms with Crippen LogP contribution in [0.4, 0.5) is 0 Å². The van der Waals surface area contributed by atoms with Crippen molar-refractivity contribution in [1.82, 2.24) is 21.3 Å². The van der Waals surface area contributed by atoms with Gasteiger partial charge < -0.3 is 21.1 Å². The number of hydrogen-bond donors (Lipinski definition) is 5. The smallest absolute Gasteiger partial charge is 0.333 e. The summed E-state index contributed by atoms with van der Waals surface area (Å²) >= 11 is 0. The minimum atomic E-state index is -1.24. The zero-order valence-corrected chi connectivity index (χ0v) is 21.4. The number of aldehydes is 1. The molecule has 8 unspecified atom stereocenters. The number of aliphatic hydroxyl groups is 1. The lowest BCUT2D eigenvalue weighted by Gasteiger charge is -2.66. The summed E-state index contributed by atoms with van der Waals surface area (Å²) in [5.74, 6) is 0.264. The number of quaternary nitrogens is 1. The molecule has 5 N–H and O–H groups in total. The van der Waals surface area contributed by atoms with Gasteiger partial charge in [-0.1, -0.05) is 20.8 Å². The second kappa shape index (κ2) is 10.5. The minimum absolute atomic E-state index is 0.00688. The van der Waals surface area contributed by atoms with Gasteiger partial charge in [0.2, 0.25) is 11.6 Å². The number of carbonyl (C=O) groups excluding carboxylic acids is 3. The zero-order valence-electron chi connectivity index (χ0n) is 21.4. The fourth-order valence-electron chi connectivity index (χ4n) is 6.14. The van der Waals surface area contributed by atoms with Crippen molar-refractivity contribution in [3.05, 3.63) is 12.0 Å². The summed E-state index contributed by atoms with van der Waals surface area (Å²) in [6.07, 6.45) is 4.03. The molecule has 0 bridgehead atoms. The third kappa shape index (κ3) is 4.68. The van der Waals surface area contributed by atoms with Gasteiger partial charge in [0.15, 0.2) is 6.29 Å². The molecule has 2 heterocycles. The SMILES string of the molecule is CNC(=CO)C(CC(C)C)NC(=O)C(C)NC(C)(C=O)[N+]12C(=O)C(NC)CC(C)C1CC2C. The first kappa shape index (κ1) is 27.3. The van der Waals surface area contributed by atoms with Gasteiger partial charge in [-0.15, -0.1) is 0 Å². The first-order chi connectivity index (χ1) is 15.4. The van der Waals surface area contributed by atoms with E-state index in [-0.39, 0.29) is 46.3 Å². The highest BCUT2D eigenvalue weighted by Crippen LogP contribution is 2.50. The Hall–Kier alpha value is -1.97. The molecular weight excluding hydrogens is 422 g/mol. The molecule has 0 aromatic rings. The standard InChI is InChI=1S/C24H43N5O4/c1-14(2)9-18(20(12-30)26-8)27-22(32)17(5)28-24(6,13-31)29-16(4)11-21(29)15(3)10-19(25-7)23(29)33/h12-19,21,25-26,28H,9-11H2,1-8H3,(H-,27,30,32)/p+1. The van der Waals surface area contributed by atoms with E-state index >= 15 is 0 Å². The molecular formula is C24H44N5O4+. The lowest BCUT2D eigenvalue weighted by atomic mass is 9.70. The van der Waals surface area contributed by atoms with Gasteiger partial charge >= 0.3 is 5.91 Å². The number of rotatable bonds is 11. The Morgan fingerprint density at radius 1 is 1.24 bits per heavy atom. The van der Waals surface area contributed by atoms with Gasteiger partial charge in [0.25, 0.3) is 0 Å². The van der Waals surface area contributed by atoms with Gasteiger partial charge in [-0.2, -0.15) is 0 Å². The van der Waals surface area contributed by atoms with E-state index in [1.54, 1.807) is 27.9 Å². The molecule has 0 radical (unpaired) electrons. The molecule has 0 aromatic carbocycles. The molecule has 8 atom stereocenters. The van der Waals surface area contributed by atoms with Crippen LogP contribution in [0.5, 0.6) is 0 Å². The highest BCUT2D eigenvalue weighted by Gasteiger charge is 2.72. The van der Waals surface area contributed by atoms with Gasteiger partial charge in [-0.05, 0) is 39.7 Å². The van der Waals surface area contributed by atoms with Gasteiger partial charge in [0.1, 0.15) is 24.4 Å². The molecule has 2 amide bonds. The molecule has 0 spiro atoms. The van der Waals surface area contributed by atoms with E-state index in [9.17, 15) is 19.5 Å². The number of carbonyl (C=O) groups is 3. The second-order valence-electron chi connectivity index (χ2n) is 10.5. The lowest BCUT2D eigenvalue weighted by molar-refractivity contribution is -0.988. The maximum Gasteiger partial charge on any atom is 0.333 e. The fraction of sp³-hybridized carbons (Fsp3) is 0.792. The maximum absolute atomic E-state index is 13.7. The van der Waals surface area contributed by atoms with Crippen molar-refractivity contribution in [3.63, 3.8) is 0 Å². The van der Waals surface area contributed by atoms with Crippen LogP contribution in [-0.4, -0.2) is 77.7 Å². The monoisotopic (exact) mass is 466 g/mol. The van der Waals surface area contributed by atoms with Gasteiger partial charge in [-0.25, -0.2) is 14.6 Å². The van der Waals surface area contributed by atoms with E-state index in [0.29, 0.717) is 12.1 Å². The Morgan fingerprint density at radius 2 is 1.88 bits per heavy atom. The quantitative estimate of drug-likeness (QED) is 0.176. The predicted molar refractivity (Wildman–Crippen MR) is 128 cm³/mol. The Kier molecular flexibility index (Phi) is 8.70. The van der Waals surface area contributed by atoms with Crippen molar-refractivity contribution >= 4 is 18.1 Å². The number of nitrogens with one attached hydrogen (secondary N) is 4. The molecule has 2 saturated heterocycles. The highest BCUT2D eigenvalue weighted by atomic mass is 16.2. The molecule has 9 nitrogen and oxygen atoms in total. The van der Waals surface area contributed by atoms with E-state index in [1.165, 1.54) is 0 Å². The topological polar surface area (TPSA) is 120 Å². The van der Waals surface area contributed by atoms with Gasteiger partial charge in [0.05, 0.1) is 24.2 Å². The van der Waals surface area contributed by atoms with Crippen LogP contribution in [0.15, 0.2) is 12.0 Å². The molecule has 2 rings (SSSR count). The summed E-state index contributed by atoms with van der Waals surface area (Å²) in [7, 11) is 3.47. The Balaban J connectivity index is 2.31. The van der Waals surface area contributed by atoms with E-state index in [2.05, 4.69) is 28.2 Å². The molecule has 0 aromatic heterocycles. The molecule has 188 valence electrons.